The molecule has 0 aliphatic rings. The van der Waals surface area contributed by atoms with Gasteiger partial charge in [-0.05, 0) is 12.3 Å². The Hall–Kier alpha value is -1.07. The third kappa shape index (κ3) is 4.66. The summed E-state index contributed by atoms with van der Waals surface area (Å²) >= 11 is 11.5. The first-order valence-electron chi connectivity index (χ1n) is 5.46. The zero-order chi connectivity index (χ0) is 13.7. The number of ether oxygens (including phenoxy) is 1. The number of carbonyl (C=O) groups excluding carboxylic acids is 1. The quantitative estimate of drug-likeness (QED) is 0.668. The lowest BCUT2D eigenvalue weighted by atomic mass is 10.0. The highest BCUT2D eigenvalue weighted by molar-refractivity contribution is 6.33. The average molecular weight is 292 g/mol. The minimum atomic E-state index is -0.524. The van der Waals surface area contributed by atoms with Gasteiger partial charge in [-0.25, -0.2) is 14.8 Å². The molecule has 7 heteroatoms. The van der Waals surface area contributed by atoms with E-state index in [1.807, 2.05) is 13.8 Å². The maximum atomic E-state index is 11.6. The van der Waals surface area contributed by atoms with E-state index < -0.39 is 6.04 Å². The summed E-state index contributed by atoms with van der Waals surface area (Å²) in [5.74, 6) is 0.156. The largest absolute Gasteiger partial charge is 0.467 e. The number of aromatic nitrogens is 2. The Morgan fingerprint density at radius 2 is 1.94 bits per heavy atom. The molecular weight excluding hydrogens is 277 g/mol. The highest BCUT2D eigenvalue weighted by Crippen LogP contribution is 2.17. The fraction of sp³-hybridized carbons (Fsp3) is 0.545. The van der Waals surface area contributed by atoms with Crippen LogP contribution in [0.4, 0.5) is 5.95 Å². The van der Waals surface area contributed by atoms with Crippen molar-refractivity contribution in [3.05, 3.63) is 16.4 Å². The van der Waals surface area contributed by atoms with Crippen LogP contribution in [0.15, 0.2) is 6.07 Å². The van der Waals surface area contributed by atoms with Gasteiger partial charge in [-0.2, -0.15) is 0 Å². The number of halogens is 2. The Labute approximate surface area is 116 Å². The van der Waals surface area contributed by atoms with E-state index in [2.05, 4.69) is 15.3 Å². The summed E-state index contributed by atoms with van der Waals surface area (Å²) in [6, 6.07) is 0.897. The molecule has 100 valence electrons. The molecule has 1 N–H and O–H groups in total. The number of hydrogen-bond donors (Lipinski definition) is 1. The van der Waals surface area contributed by atoms with Gasteiger partial charge in [0, 0.05) is 6.07 Å². The average Bonchev–Trinajstić information content (AvgIpc) is 2.25. The number of esters is 1. The Morgan fingerprint density at radius 3 is 2.39 bits per heavy atom. The minimum absolute atomic E-state index is 0.212. The second-order valence-corrected chi connectivity index (χ2v) is 4.96. The van der Waals surface area contributed by atoms with Crippen molar-refractivity contribution in [2.24, 2.45) is 5.92 Å². The van der Waals surface area contributed by atoms with E-state index >= 15 is 0 Å². The van der Waals surface area contributed by atoms with Crippen LogP contribution in [0.3, 0.4) is 0 Å². The molecule has 1 aromatic rings. The van der Waals surface area contributed by atoms with E-state index in [0.29, 0.717) is 12.3 Å². The van der Waals surface area contributed by atoms with Gasteiger partial charge in [0.15, 0.2) is 0 Å². The molecule has 0 fully saturated rings. The molecular formula is C11H15Cl2N3O2. The SMILES string of the molecule is COC(=O)[C@H](CC(C)C)Nc1nc(Cl)cc(Cl)n1. The van der Waals surface area contributed by atoms with Gasteiger partial charge in [0.2, 0.25) is 5.95 Å². The predicted octanol–water partition coefficient (Wildman–Crippen LogP) is 2.78. The third-order valence-corrected chi connectivity index (χ3v) is 2.55. The number of nitrogens with one attached hydrogen (secondary N) is 1. The molecule has 0 amide bonds. The summed E-state index contributed by atoms with van der Waals surface area (Å²) in [6.45, 7) is 4.01. The highest BCUT2D eigenvalue weighted by atomic mass is 35.5. The number of carbonyl (C=O) groups is 1. The van der Waals surface area contributed by atoms with Crippen molar-refractivity contribution in [1.29, 1.82) is 0 Å². The van der Waals surface area contributed by atoms with Crippen LogP contribution in [0.5, 0.6) is 0 Å². The second kappa shape index (κ2) is 6.75. The van der Waals surface area contributed by atoms with Crippen molar-refractivity contribution in [1.82, 2.24) is 9.97 Å². The Kier molecular flexibility index (Phi) is 5.62. The lowest BCUT2D eigenvalue weighted by Gasteiger charge is -2.18. The molecule has 5 nitrogen and oxygen atoms in total. The summed E-state index contributed by atoms with van der Waals surface area (Å²) in [6.07, 6.45) is 0.597. The van der Waals surface area contributed by atoms with Crippen LogP contribution in [-0.2, 0) is 9.53 Å². The first-order valence-corrected chi connectivity index (χ1v) is 6.22. The normalized spacial score (nSPS) is 12.3. The topological polar surface area (TPSA) is 64.1 Å². The maximum Gasteiger partial charge on any atom is 0.328 e. The molecule has 1 aromatic heterocycles. The van der Waals surface area contributed by atoms with Crippen LogP contribution in [0.2, 0.25) is 10.3 Å². The van der Waals surface area contributed by atoms with Crippen molar-refractivity contribution < 1.29 is 9.53 Å². The molecule has 0 unspecified atom stereocenters. The van der Waals surface area contributed by atoms with Crippen molar-refractivity contribution in [3.8, 4) is 0 Å². The molecule has 0 saturated carbocycles. The molecule has 0 radical (unpaired) electrons. The van der Waals surface area contributed by atoms with Crippen molar-refractivity contribution in [2.75, 3.05) is 12.4 Å². The van der Waals surface area contributed by atoms with Gasteiger partial charge < -0.3 is 10.1 Å². The van der Waals surface area contributed by atoms with E-state index in [1.165, 1.54) is 13.2 Å². The number of methoxy groups -OCH3 is 1. The summed E-state index contributed by atoms with van der Waals surface area (Å²) in [5.41, 5.74) is 0. The zero-order valence-corrected chi connectivity index (χ0v) is 11.9. The lowest BCUT2D eigenvalue weighted by molar-refractivity contribution is -0.141. The van der Waals surface area contributed by atoms with Gasteiger partial charge in [-0.3, -0.25) is 0 Å². The van der Waals surface area contributed by atoms with E-state index in [9.17, 15) is 4.79 Å². The lowest BCUT2D eigenvalue weighted by Crippen LogP contribution is -2.32. The number of anilines is 1. The smallest absolute Gasteiger partial charge is 0.328 e. The molecule has 0 spiro atoms. The fourth-order valence-corrected chi connectivity index (χ4v) is 1.86. The van der Waals surface area contributed by atoms with Gasteiger partial charge in [-0.1, -0.05) is 37.0 Å². The monoisotopic (exact) mass is 291 g/mol. The maximum absolute atomic E-state index is 11.6. The molecule has 1 atom stereocenters. The molecule has 0 aromatic carbocycles. The van der Waals surface area contributed by atoms with Crippen molar-refractivity contribution >= 4 is 35.1 Å². The summed E-state index contributed by atoms with van der Waals surface area (Å²) < 4.78 is 4.72. The minimum Gasteiger partial charge on any atom is -0.467 e. The van der Waals surface area contributed by atoms with Gasteiger partial charge in [0.25, 0.3) is 0 Å². The standard InChI is InChI=1S/C11H15Cl2N3O2/c1-6(2)4-7(10(17)18-3)14-11-15-8(12)5-9(13)16-11/h5-7H,4H2,1-3H3,(H,14,15,16)/t7-/m0/s1. The Balaban J connectivity index is 2.84. The first kappa shape index (κ1) is 15.0. The molecule has 0 aliphatic carbocycles. The second-order valence-electron chi connectivity index (χ2n) is 4.19. The van der Waals surface area contributed by atoms with Gasteiger partial charge in [0.1, 0.15) is 16.3 Å². The Bertz CT molecular complexity index is 406. The summed E-state index contributed by atoms with van der Waals surface area (Å²) in [7, 11) is 1.34. The zero-order valence-electron chi connectivity index (χ0n) is 10.4. The van der Waals surface area contributed by atoms with E-state index in [1.54, 1.807) is 0 Å². The number of nitrogens with zero attached hydrogens (tertiary/aromatic N) is 2. The van der Waals surface area contributed by atoms with Crippen LogP contribution in [0.25, 0.3) is 0 Å². The van der Waals surface area contributed by atoms with Crippen LogP contribution in [0, 0.1) is 5.92 Å². The molecule has 18 heavy (non-hydrogen) atoms. The summed E-state index contributed by atoms with van der Waals surface area (Å²) in [5, 5.41) is 3.30. The van der Waals surface area contributed by atoms with Crippen molar-refractivity contribution in [3.63, 3.8) is 0 Å². The summed E-state index contributed by atoms with van der Waals surface area (Å²) in [4.78, 5) is 19.5. The number of hydrogen-bond acceptors (Lipinski definition) is 5. The molecule has 1 rings (SSSR count). The van der Waals surface area contributed by atoms with E-state index in [4.69, 9.17) is 27.9 Å². The predicted molar refractivity (Wildman–Crippen MR) is 70.9 cm³/mol. The van der Waals surface area contributed by atoms with Crippen LogP contribution in [0.1, 0.15) is 20.3 Å². The molecule has 0 aliphatic heterocycles. The highest BCUT2D eigenvalue weighted by Gasteiger charge is 2.21. The Morgan fingerprint density at radius 1 is 1.39 bits per heavy atom. The van der Waals surface area contributed by atoms with Crippen LogP contribution < -0.4 is 5.32 Å². The molecule has 1 heterocycles. The molecule has 0 bridgehead atoms. The third-order valence-electron chi connectivity index (χ3n) is 2.16. The van der Waals surface area contributed by atoms with Gasteiger partial charge >= 0.3 is 5.97 Å². The van der Waals surface area contributed by atoms with Crippen LogP contribution >= 0.6 is 23.2 Å². The fourth-order valence-electron chi connectivity index (χ4n) is 1.44. The van der Waals surface area contributed by atoms with Gasteiger partial charge in [0.05, 0.1) is 7.11 Å². The van der Waals surface area contributed by atoms with E-state index in [0.717, 1.165) is 0 Å². The van der Waals surface area contributed by atoms with Crippen molar-refractivity contribution in [2.45, 2.75) is 26.3 Å². The van der Waals surface area contributed by atoms with Crippen LogP contribution in [-0.4, -0.2) is 29.1 Å². The van der Waals surface area contributed by atoms with E-state index in [-0.39, 0.29) is 22.2 Å². The first-order chi connectivity index (χ1) is 8.42. The number of rotatable bonds is 5. The van der Waals surface area contributed by atoms with Gasteiger partial charge in [-0.15, -0.1) is 0 Å². The molecule has 0 saturated heterocycles.